The van der Waals surface area contributed by atoms with E-state index in [0.29, 0.717) is 0 Å². The van der Waals surface area contributed by atoms with Gasteiger partial charge < -0.3 is 10.0 Å². The Morgan fingerprint density at radius 2 is 1.81 bits per heavy atom. The summed E-state index contributed by atoms with van der Waals surface area (Å²) in [4.78, 5) is 24.7. The first-order valence-corrected chi connectivity index (χ1v) is 6.35. The topological polar surface area (TPSA) is 57.6 Å². The lowest BCUT2D eigenvalue weighted by Crippen LogP contribution is -2.28. The molecule has 4 nitrogen and oxygen atoms in total. The SMILES string of the molecule is CN(C(=O)c1ccc(F)cc1Cl)c1ccccc1C(=O)O. The molecule has 0 atom stereocenters. The van der Waals surface area contributed by atoms with Crippen LogP contribution in [0.4, 0.5) is 10.1 Å². The summed E-state index contributed by atoms with van der Waals surface area (Å²) in [6.07, 6.45) is 0. The van der Waals surface area contributed by atoms with E-state index in [-0.39, 0.29) is 21.8 Å². The number of carboxylic acids is 1. The number of anilines is 1. The molecule has 108 valence electrons. The second kappa shape index (κ2) is 5.93. The van der Waals surface area contributed by atoms with Crippen molar-refractivity contribution in [3.05, 3.63) is 64.4 Å². The molecule has 0 saturated carbocycles. The number of benzene rings is 2. The van der Waals surface area contributed by atoms with Gasteiger partial charge >= 0.3 is 5.97 Å². The van der Waals surface area contributed by atoms with Crippen LogP contribution in [0, 0.1) is 5.82 Å². The molecule has 0 bridgehead atoms. The van der Waals surface area contributed by atoms with Crippen molar-refractivity contribution in [2.24, 2.45) is 0 Å². The van der Waals surface area contributed by atoms with Crippen molar-refractivity contribution >= 4 is 29.2 Å². The second-order valence-corrected chi connectivity index (χ2v) is 4.72. The van der Waals surface area contributed by atoms with Crippen LogP contribution in [0.15, 0.2) is 42.5 Å². The normalized spacial score (nSPS) is 10.2. The molecule has 0 spiro atoms. The number of carboxylic acid groups (broad SMARTS) is 1. The lowest BCUT2D eigenvalue weighted by atomic mass is 10.1. The zero-order chi connectivity index (χ0) is 15.6. The number of halogens is 2. The first-order valence-electron chi connectivity index (χ1n) is 5.97. The van der Waals surface area contributed by atoms with Crippen LogP contribution in [0.25, 0.3) is 0 Å². The zero-order valence-corrected chi connectivity index (χ0v) is 11.8. The fraction of sp³-hybridized carbons (Fsp3) is 0.0667. The third-order valence-corrected chi connectivity index (χ3v) is 3.27. The molecule has 2 aromatic rings. The number of amides is 1. The van der Waals surface area contributed by atoms with Gasteiger partial charge in [0, 0.05) is 7.05 Å². The average Bonchev–Trinajstić information content (AvgIpc) is 2.45. The average molecular weight is 308 g/mol. The van der Waals surface area contributed by atoms with E-state index in [0.717, 1.165) is 12.1 Å². The number of hydrogen-bond acceptors (Lipinski definition) is 2. The van der Waals surface area contributed by atoms with E-state index < -0.39 is 17.7 Å². The Kier molecular flexibility index (Phi) is 4.23. The summed E-state index contributed by atoms with van der Waals surface area (Å²) in [5.74, 6) is -2.21. The fourth-order valence-electron chi connectivity index (χ4n) is 1.90. The van der Waals surface area contributed by atoms with Crippen LogP contribution in [0.5, 0.6) is 0 Å². The third-order valence-electron chi connectivity index (χ3n) is 2.96. The van der Waals surface area contributed by atoms with Crippen LogP contribution >= 0.6 is 11.6 Å². The maximum absolute atomic E-state index is 13.0. The van der Waals surface area contributed by atoms with E-state index in [1.54, 1.807) is 12.1 Å². The van der Waals surface area contributed by atoms with E-state index in [4.69, 9.17) is 16.7 Å². The van der Waals surface area contributed by atoms with Crippen LogP contribution in [0.1, 0.15) is 20.7 Å². The molecule has 0 unspecified atom stereocenters. The van der Waals surface area contributed by atoms with Gasteiger partial charge in [-0.2, -0.15) is 0 Å². The molecule has 2 aromatic carbocycles. The number of para-hydroxylation sites is 1. The van der Waals surface area contributed by atoms with Crippen LogP contribution in [-0.2, 0) is 0 Å². The summed E-state index contributed by atoms with van der Waals surface area (Å²) in [6.45, 7) is 0. The van der Waals surface area contributed by atoms with E-state index in [9.17, 15) is 14.0 Å². The molecule has 0 aromatic heterocycles. The van der Waals surface area contributed by atoms with Crippen molar-refractivity contribution < 1.29 is 19.1 Å². The summed E-state index contributed by atoms with van der Waals surface area (Å²) in [5, 5.41) is 9.12. The predicted octanol–water partition coefficient (Wildman–Crippen LogP) is 3.45. The molecule has 0 aliphatic carbocycles. The molecule has 0 heterocycles. The minimum absolute atomic E-state index is 0.00779. The number of aromatic carboxylic acids is 1. The van der Waals surface area contributed by atoms with Gasteiger partial charge in [0.25, 0.3) is 5.91 Å². The first kappa shape index (κ1) is 15.0. The molecule has 1 amide bonds. The van der Waals surface area contributed by atoms with Gasteiger partial charge in [0.15, 0.2) is 0 Å². The molecule has 0 radical (unpaired) electrons. The molecule has 0 aliphatic heterocycles. The molecular formula is C15H11ClFNO3. The Morgan fingerprint density at radius 3 is 2.43 bits per heavy atom. The summed E-state index contributed by atoms with van der Waals surface area (Å²) < 4.78 is 13.0. The Bertz CT molecular complexity index is 718. The van der Waals surface area contributed by atoms with Crippen LogP contribution < -0.4 is 4.90 Å². The molecular weight excluding hydrogens is 297 g/mol. The molecule has 0 saturated heterocycles. The highest BCUT2D eigenvalue weighted by Crippen LogP contribution is 2.24. The summed E-state index contributed by atoms with van der Waals surface area (Å²) >= 11 is 5.85. The van der Waals surface area contributed by atoms with Gasteiger partial charge in [0.1, 0.15) is 5.82 Å². The first-order chi connectivity index (χ1) is 9.91. The van der Waals surface area contributed by atoms with Gasteiger partial charge in [-0.15, -0.1) is 0 Å². The highest BCUT2D eigenvalue weighted by molar-refractivity contribution is 6.34. The van der Waals surface area contributed by atoms with Crippen molar-refractivity contribution in [2.45, 2.75) is 0 Å². The van der Waals surface area contributed by atoms with Gasteiger partial charge in [-0.25, -0.2) is 9.18 Å². The molecule has 1 N–H and O–H groups in total. The molecule has 21 heavy (non-hydrogen) atoms. The molecule has 0 aliphatic rings. The van der Waals surface area contributed by atoms with Gasteiger partial charge in [-0.3, -0.25) is 4.79 Å². The van der Waals surface area contributed by atoms with Crippen LogP contribution in [0.3, 0.4) is 0 Å². The van der Waals surface area contributed by atoms with E-state index in [1.807, 2.05) is 0 Å². The second-order valence-electron chi connectivity index (χ2n) is 4.31. The largest absolute Gasteiger partial charge is 0.478 e. The van der Waals surface area contributed by atoms with Crippen molar-refractivity contribution in [1.82, 2.24) is 0 Å². The van der Waals surface area contributed by atoms with Crippen molar-refractivity contribution in [1.29, 1.82) is 0 Å². The zero-order valence-electron chi connectivity index (χ0n) is 11.0. The molecule has 2 rings (SSSR count). The van der Waals surface area contributed by atoms with Gasteiger partial charge in [-0.1, -0.05) is 23.7 Å². The van der Waals surface area contributed by atoms with E-state index in [2.05, 4.69) is 0 Å². The summed E-state index contributed by atoms with van der Waals surface area (Å²) in [7, 11) is 1.43. The predicted molar refractivity (Wildman–Crippen MR) is 77.5 cm³/mol. The maximum atomic E-state index is 13.0. The Labute approximate surface area is 125 Å². The third kappa shape index (κ3) is 3.03. The van der Waals surface area contributed by atoms with Crippen molar-refractivity contribution in [3.8, 4) is 0 Å². The lowest BCUT2D eigenvalue weighted by Gasteiger charge is -2.20. The monoisotopic (exact) mass is 307 g/mol. The fourth-order valence-corrected chi connectivity index (χ4v) is 2.15. The molecule has 6 heteroatoms. The lowest BCUT2D eigenvalue weighted by molar-refractivity contribution is 0.0697. The number of nitrogens with zero attached hydrogens (tertiary/aromatic N) is 1. The number of rotatable bonds is 3. The summed E-state index contributed by atoms with van der Waals surface area (Å²) in [6, 6.07) is 9.52. The smallest absolute Gasteiger partial charge is 0.337 e. The highest BCUT2D eigenvalue weighted by atomic mass is 35.5. The van der Waals surface area contributed by atoms with Crippen molar-refractivity contribution in [2.75, 3.05) is 11.9 Å². The Balaban J connectivity index is 2.42. The number of hydrogen-bond donors (Lipinski definition) is 1. The van der Waals surface area contributed by atoms with Gasteiger partial charge in [-0.05, 0) is 30.3 Å². The van der Waals surface area contributed by atoms with E-state index in [1.165, 1.54) is 30.1 Å². The van der Waals surface area contributed by atoms with Gasteiger partial charge in [0.05, 0.1) is 21.8 Å². The van der Waals surface area contributed by atoms with Gasteiger partial charge in [0.2, 0.25) is 0 Å². The van der Waals surface area contributed by atoms with Crippen LogP contribution in [-0.4, -0.2) is 24.0 Å². The number of carbonyl (C=O) groups excluding carboxylic acids is 1. The van der Waals surface area contributed by atoms with Crippen LogP contribution in [0.2, 0.25) is 5.02 Å². The standard InChI is InChI=1S/C15H11ClFNO3/c1-18(13-5-3-2-4-11(13)15(20)21)14(19)10-7-6-9(17)8-12(10)16/h2-8H,1H3,(H,20,21). The highest BCUT2D eigenvalue weighted by Gasteiger charge is 2.21. The minimum atomic E-state index is -1.14. The Hall–Kier alpha value is -2.40. The van der Waals surface area contributed by atoms with Crippen molar-refractivity contribution in [3.63, 3.8) is 0 Å². The summed E-state index contributed by atoms with van der Waals surface area (Å²) in [5.41, 5.74) is 0.322. The Morgan fingerprint density at radius 1 is 1.14 bits per heavy atom. The quantitative estimate of drug-likeness (QED) is 0.945. The maximum Gasteiger partial charge on any atom is 0.337 e. The minimum Gasteiger partial charge on any atom is -0.478 e. The molecule has 0 fully saturated rings. The number of carbonyl (C=O) groups is 2. The van der Waals surface area contributed by atoms with E-state index >= 15 is 0 Å².